The molecule has 0 saturated carbocycles. The van der Waals surface area contributed by atoms with Crippen LogP contribution < -0.4 is 0 Å². The third-order valence-electron chi connectivity index (χ3n) is 1.88. The normalized spacial score (nSPS) is 9.20. The van der Waals surface area contributed by atoms with E-state index in [0.29, 0.717) is 12.8 Å². The monoisotopic (exact) mass is 286 g/mol. The Morgan fingerprint density at radius 3 is 1.65 bits per heavy atom. The van der Waals surface area contributed by atoms with Crippen molar-refractivity contribution in [3.05, 3.63) is 25.3 Å². The lowest BCUT2D eigenvalue weighted by Crippen LogP contribution is -2.14. The molecule has 0 unspecified atom stereocenters. The number of unbranched alkanes of at least 4 members (excludes halogenated alkanes) is 1. The molecule has 0 rings (SSSR count). The smallest absolute Gasteiger partial charge is 0.463 e. The molecular weight excluding hydrogens is 268 g/mol. The van der Waals surface area contributed by atoms with Crippen LogP contribution in [0.2, 0.25) is 0 Å². The second-order valence-corrected chi connectivity index (χ2v) is 3.40. The molecule has 20 heavy (non-hydrogen) atoms. The zero-order valence-corrected chi connectivity index (χ0v) is 11.2. The molecule has 0 fully saturated rings. The summed E-state index contributed by atoms with van der Waals surface area (Å²) in [6.07, 6.45) is 2.34. The Kier molecular flexibility index (Phi) is 10.4. The van der Waals surface area contributed by atoms with E-state index < -0.39 is 18.1 Å². The molecule has 7 nitrogen and oxygen atoms in total. The zero-order chi connectivity index (χ0) is 15.2. The molecule has 0 spiro atoms. The van der Waals surface area contributed by atoms with Crippen LogP contribution in [-0.4, -0.2) is 44.5 Å². The Bertz CT molecular complexity index is 349. The Morgan fingerprint density at radius 1 is 0.700 bits per heavy atom. The minimum Gasteiger partial charge on any atom is -0.463 e. The van der Waals surface area contributed by atoms with Crippen molar-refractivity contribution in [3.63, 3.8) is 0 Å². The van der Waals surface area contributed by atoms with Gasteiger partial charge in [-0.05, 0) is 12.8 Å². The number of carbonyl (C=O) groups is 3. The molecule has 0 radical (unpaired) electrons. The van der Waals surface area contributed by atoms with Gasteiger partial charge in [0.1, 0.15) is 13.2 Å². The van der Waals surface area contributed by atoms with Gasteiger partial charge in [0.05, 0.1) is 13.2 Å². The zero-order valence-electron chi connectivity index (χ0n) is 11.2. The average Bonchev–Trinajstić information content (AvgIpc) is 2.46. The van der Waals surface area contributed by atoms with Gasteiger partial charge < -0.3 is 18.9 Å². The van der Waals surface area contributed by atoms with Crippen LogP contribution in [-0.2, 0) is 28.5 Å². The number of ether oxygens (including phenoxy) is 4. The Labute approximate surface area is 117 Å². The Morgan fingerprint density at radius 2 is 1.10 bits per heavy atom. The summed E-state index contributed by atoms with van der Waals surface area (Å²) >= 11 is 0. The highest BCUT2D eigenvalue weighted by molar-refractivity contribution is 5.81. The van der Waals surface area contributed by atoms with Crippen molar-refractivity contribution in [3.8, 4) is 0 Å². The van der Waals surface area contributed by atoms with E-state index in [1.54, 1.807) is 0 Å². The van der Waals surface area contributed by atoms with Crippen molar-refractivity contribution < 1.29 is 33.3 Å². The maximum atomic E-state index is 11.0. The van der Waals surface area contributed by atoms with Crippen molar-refractivity contribution in [1.29, 1.82) is 0 Å². The number of esters is 2. The number of rotatable bonds is 10. The van der Waals surface area contributed by atoms with Gasteiger partial charge in [-0.3, -0.25) is 0 Å². The van der Waals surface area contributed by atoms with Gasteiger partial charge in [0, 0.05) is 12.2 Å². The van der Waals surface area contributed by atoms with Gasteiger partial charge in [-0.25, -0.2) is 14.4 Å². The number of carbonyl (C=O) groups excluding carboxylic acids is 3. The molecule has 112 valence electrons. The largest absolute Gasteiger partial charge is 0.508 e. The summed E-state index contributed by atoms with van der Waals surface area (Å²) in [5.74, 6) is -1.07. The van der Waals surface area contributed by atoms with Crippen LogP contribution in [0.4, 0.5) is 4.79 Å². The third-order valence-corrected chi connectivity index (χ3v) is 1.88. The van der Waals surface area contributed by atoms with Crippen molar-refractivity contribution in [2.45, 2.75) is 12.8 Å². The summed E-state index contributed by atoms with van der Waals surface area (Å²) < 4.78 is 18.7. The molecule has 0 N–H and O–H groups in total. The minimum absolute atomic E-state index is 0.0581. The van der Waals surface area contributed by atoms with E-state index >= 15 is 0 Å². The second-order valence-electron chi connectivity index (χ2n) is 3.40. The maximum Gasteiger partial charge on any atom is 0.508 e. The van der Waals surface area contributed by atoms with Gasteiger partial charge in [-0.1, -0.05) is 13.2 Å². The average molecular weight is 286 g/mol. The highest BCUT2D eigenvalue weighted by Gasteiger charge is 2.04. The van der Waals surface area contributed by atoms with Crippen molar-refractivity contribution in [2.75, 3.05) is 26.4 Å². The highest BCUT2D eigenvalue weighted by atomic mass is 16.7. The summed E-state index contributed by atoms with van der Waals surface area (Å²) in [7, 11) is 0. The van der Waals surface area contributed by atoms with Crippen LogP contribution >= 0.6 is 0 Å². The second kappa shape index (κ2) is 11.8. The predicted octanol–water partition coefficient (Wildman–Crippen LogP) is 1.38. The molecule has 0 atom stereocenters. The van der Waals surface area contributed by atoms with Gasteiger partial charge >= 0.3 is 18.1 Å². The predicted molar refractivity (Wildman–Crippen MR) is 68.8 cm³/mol. The van der Waals surface area contributed by atoms with Crippen molar-refractivity contribution >= 4 is 18.1 Å². The molecule has 0 saturated heterocycles. The van der Waals surface area contributed by atoms with Gasteiger partial charge in [0.25, 0.3) is 0 Å². The summed E-state index contributed by atoms with van der Waals surface area (Å²) in [5.41, 5.74) is 0. The number of hydrogen-bond acceptors (Lipinski definition) is 7. The molecule has 7 heteroatoms. The van der Waals surface area contributed by atoms with Crippen LogP contribution in [0, 0.1) is 0 Å². The van der Waals surface area contributed by atoms with E-state index in [-0.39, 0.29) is 26.4 Å². The summed E-state index contributed by atoms with van der Waals surface area (Å²) in [6, 6.07) is 0. The summed E-state index contributed by atoms with van der Waals surface area (Å²) in [5, 5.41) is 0. The fraction of sp³-hybridized carbons (Fsp3) is 0.462. The molecule has 0 heterocycles. The van der Waals surface area contributed by atoms with Crippen LogP contribution in [0.25, 0.3) is 0 Å². The highest BCUT2D eigenvalue weighted by Crippen LogP contribution is 1.94. The Balaban J connectivity index is 3.36. The molecule has 0 aromatic carbocycles. The third kappa shape index (κ3) is 10.8. The SMILES string of the molecule is C=CC(=O)OCCCCOC(=O)OCCOC(=O)C=C. The van der Waals surface area contributed by atoms with Crippen LogP contribution in [0.5, 0.6) is 0 Å². The minimum atomic E-state index is -0.845. The van der Waals surface area contributed by atoms with Crippen LogP contribution in [0.15, 0.2) is 25.3 Å². The molecule has 0 aromatic heterocycles. The first-order valence-corrected chi connectivity index (χ1v) is 5.98. The fourth-order valence-electron chi connectivity index (χ4n) is 0.959. The van der Waals surface area contributed by atoms with E-state index in [9.17, 15) is 14.4 Å². The fourth-order valence-corrected chi connectivity index (χ4v) is 0.959. The van der Waals surface area contributed by atoms with E-state index in [1.807, 2.05) is 0 Å². The first kappa shape index (κ1) is 17.7. The topological polar surface area (TPSA) is 88.1 Å². The molecule has 0 aliphatic carbocycles. The van der Waals surface area contributed by atoms with Crippen molar-refractivity contribution in [1.82, 2.24) is 0 Å². The summed E-state index contributed by atoms with van der Waals surface area (Å²) in [6.45, 7) is 6.71. The van der Waals surface area contributed by atoms with Gasteiger partial charge in [0.2, 0.25) is 0 Å². The number of hydrogen-bond donors (Lipinski definition) is 0. The standard InChI is InChI=1S/C13H18O7/c1-3-11(14)17-7-5-6-8-19-13(16)20-10-9-18-12(15)4-2/h3-4H,1-2,5-10H2. The molecule has 0 aromatic rings. The van der Waals surface area contributed by atoms with Gasteiger partial charge in [0.15, 0.2) is 0 Å². The van der Waals surface area contributed by atoms with E-state index in [1.165, 1.54) is 0 Å². The molecule has 0 aliphatic rings. The quantitative estimate of drug-likeness (QED) is 0.259. The van der Waals surface area contributed by atoms with E-state index in [2.05, 4.69) is 22.6 Å². The molecule has 0 amide bonds. The first-order valence-electron chi connectivity index (χ1n) is 5.98. The van der Waals surface area contributed by atoms with Crippen molar-refractivity contribution in [2.24, 2.45) is 0 Å². The maximum absolute atomic E-state index is 11.0. The first-order chi connectivity index (χ1) is 9.60. The lowest BCUT2D eigenvalue weighted by Gasteiger charge is -2.06. The lowest BCUT2D eigenvalue weighted by atomic mass is 10.3. The van der Waals surface area contributed by atoms with E-state index in [0.717, 1.165) is 12.2 Å². The van der Waals surface area contributed by atoms with Crippen LogP contribution in [0.1, 0.15) is 12.8 Å². The van der Waals surface area contributed by atoms with Gasteiger partial charge in [-0.2, -0.15) is 0 Å². The van der Waals surface area contributed by atoms with Crippen LogP contribution in [0.3, 0.4) is 0 Å². The molecule has 0 bridgehead atoms. The van der Waals surface area contributed by atoms with E-state index in [4.69, 9.17) is 9.47 Å². The molecule has 0 aliphatic heterocycles. The Hall–Kier alpha value is -2.31. The molecular formula is C13H18O7. The summed E-state index contributed by atoms with van der Waals surface area (Å²) in [4.78, 5) is 32.4. The van der Waals surface area contributed by atoms with Gasteiger partial charge in [-0.15, -0.1) is 0 Å². The lowest BCUT2D eigenvalue weighted by molar-refractivity contribution is -0.139.